The third-order valence-corrected chi connectivity index (χ3v) is 4.46. The van der Waals surface area contributed by atoms with Crippen LogP contribution in [0.25, 0.3) is 0 Å². The van der Waals surface area contributed by atoms with Crippen molar-refractivity contribution in [1.82, 2.24) is 0 Å². The van der Waals surface area contributed by atoms with Crippen LogP contribution in [-0.4, -0.2) is 17.8 Å². The molecule has 0 aromatic rings. The van der Waals surface area contributed by atoms with Gasteiger partial charge < -0.3 is 4.74 Å². The number of rotatable bonds is 10. The van der Waals surface area contributed by atoms with Gasteiger partial charge in [-0.15, -0.1) is 11.8 Å². The Hall–Kier alpha value is 0.310. The molecule has 1 nitrogen and oxygen atoms in total. The third-order valence-electron chi connectivity index (χ3n) is 3.19. The van der Waals surface area contributed by atoms with Crippen LogP contribution in [0.1, 0.15) is 71.1 Å². The molecule has 0 aromatic heterocycles. The highest BCUT2D eigenvalue weighted by atomic mass is 32.2. The second kappa shape index (κ2) is 10.5. The highest BCUT2D eigenvalue weighted by Crippen LogP contribution is 2.27. The monoisotopic (exact) mass is 244 g/mol. The van der Waals surface area contributed by atoms with Crippen molar-refractivity contribution in [3.63, 3.8) is 0 Å². The lowest BCUT2D eigenvalue weighted by molar-refractivity contribution is 0.107. The molecule has 1 fully saturated rings. The molecule has 2 heteroatoms. The molecule has 1 saturated heterocycles. The highest BCUT2D eigenvalue weighted by molar-refractivity contribution is 8.00. The van der Waals surface area contributed by atoms with Gasteiger partial charge in [-0.25, -0.2) is 0 Å². The van der Waals surface area contributed by atoms with Crippen LogP contribution in [0, 0.1) is 0 Å². The Morgan fingerprint density at radius 2 is 1.69 bits per heavy atom. The third kappa shape index (κ3) is 7.56. The van der Waals surface area contributed by atoms with Crippen molar-refractivity contribution in [3.05, 3.63) is 0 Å². The molecule has 1 heterocycles. The topological polar surface area (TPSA) is 9.23 Å². The second-order valence-corrected chi connectivity index (χ2v) is 6.06. The molecule has 0 radical (unpaired) electrons. The minimum absolute atomic E-state index is 0.532. The fourth-order valence-corrected chi connectivity index (χ4v) is 3.25. The Morgan fingerprint density at radius 3 is 2.31 bits per heavy atom. The van der Waals surface area contributed by atoms with Crippen molar-refractivity contribution < 1.29 is 4.74 Å². The molecule has 1 aliphatic heterocycles. The Balaban J connectivity index is 1.71. The SMILES string of the molecule is CCCCCCCCCCOC1CCCS1. The fourth-order valence-electron chi connectivity index (χ4n) is 2.13. The van der Waals surface area contributed by atoms with Crippen molar-refractivity contribution in [2.75, 3.05) is 12.4 Å². The molecule has 0 saturated carbocycles. The summed E-state index contributed by atoms with van der Waals surface area (Å²) in [6.07, 6.45) is 13.7. The average Bonchev–Trinajstić information content (AvgIpc) is 2.80. The van der Waals surface area contributed by atoms with E-state index in [9.17, 15) is 0 Å². The van der Waals surface area contributed by atoms with E-state index in [-0.39, 0.29) is 0 Å². The van der Waals surface area contributed by atoms with E-state index in [0.29, 0.717) is 5.44 Å². The van der Waals surface area contributed by atoms with Crippen LogP contribution in [0.15, 0.2) is 0 Å². The van der Waals surface area contributed by atoms with Crippen LogP contribution in [0.3, 0.4) is 0 Å². The summed E-state index contributed by atoms with van der Waals surface area (Å²) >= 11 is 2.00. The predicted octanol–water partition coefficient (Wildman–Crippen LogP) is 5.00. The van der Waals surface area contributed by atoms with Crippen LogP contribution in [0.4, 0.5) is 0 Å². The number of unbranched alkanes of at least 4 members (excludes halogenated alkanes) is 7. The average molecular weight is 244 g/mol. The van der Waals surface area contributed by atoms with Crippen molar-refractivity contribution in [3.8, 4) is 0 Å². The maximum absolute atomic E-state index is 5.81. The summed E-state index contributed by atoms with van der Waals surface area (Å²) in [5.41, 5.74) is 0.532. The van der Waals surface area contributed by atoms with Gasteiger partial charge in [0.2, 0.25) is 0 Å². The van der Waals surface area contributed by atoms with Crippen LogP contribution in [-0.2, 0) is 4.74 Å². The van der Waals surface area contributed by atoms with E-state index in [1.165, 1.54) is 70.0 Å². The molecule has 0 bridgehead atoms. The summed E-state index contributed by atoms with van der Waals surface area (Å²) < 4.78 is 5.81. The molecule has 0 amide bonds. The van der Waals surface area contributed by atoms with E-state index in [4.69, 9.17) is 4.74 Å². The molecule has 1 aliphatic rings. The van der Waals surface area contributed by atoms with Crippen LogP contribution >= 0.6 is 11.8 Å². The van der Waals surface area contributed by atoms with E-state index in [2.05, 4.69) is 6.92 Å². The first-order chi connectivity index (χ1) is 7.93. The second-order valence-electron chi connectivity index (χ2n) is 4.79. The molecular formula is C14H28OS. The predicted molar refractivity (Wildman–Crippen MR) is 74.0 cm³/mol. The number of hydrogen-bond acceptors (Lipinski definition) is 2. The van der Waals surface area contributed by atoms with E-state index in [1.807, 2.05) is 11.8 Å². The molecule has 0 aliphatic carbocycles. The summed E-state index contributed by atoms with van der Waals surface area (Å²) in [5.74, 6) is 1.31. The van der Waals surface area contributed by atoms with Crippen LogP contribution in [0.2, 0.25) is 0 Å². The first-order valence-electron chi connectivity index (χ1n) is 7.16. The summed E-state index contributed by atoms with van der Waals surface area (Å²) in [7, 11) is 0. The minimum atomic E-state index is 0.532. The zero-order chi connectivity index (χ0) is 11.5. The van der Waals surface area contributed by atoms with Crippen molar-refractivity contribution >= 4 is 11.8 Å². The lowest BCUT2D eigenvalue weighted by Gasteiger charge is -2.09. The molecule has 96 valence electrons. The lowest BCUT2D eigenvalue weighted by atomic mass is 10.1. The molecular weight excluding hydrogens is 216 g/mol. The molecule has 0 spiro atoms. The quantitative estimate of drug-likeness (QED) is 0.500. The van der Waals surface area contributed by atoms with Gasteiger partial charge in [0.25, 0.3) is 0 Å². The summed E-state index contributed by atoms with van der Waals surface area (Å²) in [4.78, 5) is 0. The first kappa shape index (κ1) is 14.4. The van der Waals surface area contributed by atoms with Gasteiger partial charge in [0, 0.05) is 6.61 Å². The van der Waals surface area contributed by atoms with Gasteiger partial charge in [0.15, 0.2) is 0 Å². The van der Waals surface area contributed by atoms with Crippen LogP contribution in [0.5, 0.6) is 0 Å². The van der Waals surface area contributed by atoms with Crippen LogP contribution < -0.4 is 0 Å². The largest absolute Gasteiger partial charge is 0.368 e. The van der Waals surface area contributed by atoms with E-state index >= 15 is 0 Å². The Labute approximate surface area is 106 Å². The number of ether oxygens (including phenoxy) is 1. The normalized spacial score (nSPS) is 20.4. The van der Waals surface area contributed by atoms with Gasteiger partial charge in [0.1, 0.15) is 5.44 Å². The van der Waals surface area contributed by atoms with Gasteiger partial charge >= 0.3 is 0 Å². The summed E-state index contributed by atoms with van der Waals surface area (Å²) in [6.45, 7) is 3.27. The standard InChI is InChI=1S/C14H28OS/c1-2-3-4-5-6-7-8-9-12-15-14-11-10-13-16-14/h14H,2-13H2,1H3. The van der Waals surface area contributed by atoms with Crippen molar-refractivity contribution in [2.45, 2.75) is 76.6 Å². The Kier molecular flexibility index (Phi) is 9.40. The van der Waals surface area contributed by atoms with Gasteiger partial charge in [0.05, 0.1) is 0 Å². The molecule has 16 heavy (non-hydrogen) atoms. The van der Waals surface area contributed by atoms with Gasteiger partial charge in [-0.3, -0.25) is 0 Å². The first-order valence-corrected chi connectivity index (χ1v) is 8.21. The van der Waals surface area contributed by atoms with E-state index in [1.54, 1.807) is 0 Å². The smallest absolute Gasteiger partial charge is 0.103 e. The zero-order valence-corrected chi connectivity index (χ0v) is 11.7. The fraction of sp³-hybridized carbons (Fsp3) is 1.00. The molecule has 1 rings (SSSR count). The molecule has 1 atom stereocenters. The minimum Gasteiger partial charge on any atom is -0.368 e. The lowest BCUT2D eigenvalue weighted by Crippen LogP contribution is -2.04. The van der Waals surface area contributed by atoms with Gasteiger partial charge in [-0.05, 0) is 25.0 Å². The maximum Gasteiger partial charge on any atom is 0.103 e. The van der Waals surface area contributed by atoms with E-state index < -0.39 is 0 Å². The van der Waals surface area contributed by atoms with Gasteiger partial charge in [-0.1, -0.05) is 51.9 Å². The maximum atomic E-state index is 5.81. The van der Waals surface area contributed by atoms with Crippen molar-refractivity contribution in [1.29, 1.82) is 0 Å². The Bertz CT molecular complexity index is 144. The van der Waals surface area contributed by atoms with E-state index in [0.717, 1.165) is 6.61 Å². The highest BCUT2D eigenvalue weighted by Gasteiger charge is 2.14. The molecule has 1 unspecified atom stereocenters. The summed E-state index contributed by atoms with van der Waals surface area (Å²) in [6, 6.07) is 0. The summed E-state index contributed by atoms with van der Waals surface area (Å²) in [5, 5.41) is 0. The van der Waals surface area contributed by atoms with Gasteiger partial charge in [-0.2, -0.15) is 0 Å². The molecule has 0 N–H and O–H groups in total. The number of hydrogen-bond donors (Lipinski definition) is 0. The molecule has 0 aromatic carbocycles. The Morgan fingerprint density at radius 1 is 1.00 bits per heavy atom. The zero-order valence-electron chi connectivity index (χ0n) is 10.9. The number of thioether (sulfide) groups is 1. The van der Waals surface area contributed by atoms with Crippen molar-refractivity contribution in [2.24, 2.45) is 0 Å².